The molecule has 0 bridgehead atoms. The summed E-state index contributed by atoms with van der Waals surface area (Å²) in [5.41, 5.74) is 12.5. The third kappa shape index (κ3) is 3.27. The molecule has 4 aromatic heterocycles. The molecule has 11 rings (SSSR count). The molecule has 0 saturated carbocycles. The van der Waals surface area contributed by atoms with Crippen LogP contribution in [0.5, 0.6) is 0 Å². The number of fused-ring (bicyclic) bond motifs is 14. The van der Waals surface area contributed by atoms with E-state index in [0.717, 1.165) is 67.5 Å². The lowest BCUT2D eigenvalue weighted by Gasteiger charge is -2.22. The second-order valence-electron chi connectivity index (χ2n) is 12.9. The van der Waals surface area contributed by atoms with Gasteiger partial charge in [0.25, 0.3) is 0 Å². The first-order valence-corrected chi connectivity index (χ1v) is 16.3. The second kappa shape index (κ2) is 9.05. The Morgan fingerprint density at radius 2 is 1.11 bits per heavy atom. The number of benzene rings is 6. The number of hydrogen-bond acceptors (Lipinski definition) is 2. The molecule has 222 valence electrons. The van der Waals surface area contributed by atoms with Gasteiger partial charge in [-0.1, -0.05) is 79.7 Å². The first kappa shape index (κ1) is 25.2. The van der Waals surface area contributed by atoms with Crippen LogP contribution in [0.4, 0.5) is 0 Å². The van der Waals surface area contributed by atoms with E-state index in [0.29, 0.717) is 5.92 Å². The SMILES string of the molecule is CC1Cc2c(oc3ccccc23)-c2c1n(-c1ccc(-n3c4ccccc4c4c5oc6ccccc6c5ccc43)cc1)c1ccccc21. The van der Waals surface area contributed by atoms with Crippen molar-refractivity contribution in [2.24, 2.45) is 0 Å². The van der Waals surface area contributed by atoms with Crippen LogP contribution in [0.3, 0.4) is 0 Å². The van der Waals surface area contributed by atoms with Crippen LogP contribution in [0.25, 0.3) is 88.3 Å². The molecule has 0 saturated heterocycles. The van der Waals surface area contributed by atoms with Crippen LogP contribution < -0.4 is 0 Å². The molecule has 1 aliphatic carbocycles. The predicted molar refractivity (Wildman–Crippen MR) is 192 cm³/mol. The quantitative estimate of drug-likeness (QED) is 0.197. The number of para-hydroxylation sites is 4. The molecule has 0 spiro atoms. The van der Waals surface area contributed by atoms with Crippen LogP contribution in [-0.2, 0) is 6.42 Å². The smallest absolute Gasteiger partial charge is 0.145 e. The van der Waals surface area contributed by atoms with Gasteiger partial charge >= 0.3 is 0 Å². The van der Waals surface area contributed by atoms with Gasteiger partial charge in [0.2, 0.25) is 0 Å². The van der Waals surface area contributed by atoms with Crippen molar-refractivity contribution < 1.29 is 8.83 Å². The molecule has 0 amide bonds. The fraction of sp³-hybridized carbons (Fsp3) is 0.0698. The van der Waals surface area contributed by atoms with Crippen LogP contribution in [0, 0.1) is 0 Å². The maximum atomic E-state index is 6.60. The van der Waals surface area contributed by atoms with E-state index in [1.54, 1.807) is 0 Å². The number of aromatic nitrogens is 2. The molecule has 0 fully saturated rings. The lowest BCUT2D eigenvalue weighted by Crippen LogP contribution is -2.11. The monoisotopic (exact) mass is 604 g/mol. The minimum atomic E-state index is 0.328. The van der Waals surface area contributed by atoms with Crippen molar-refractivity contribution in [1.29, 1.82) is 0 Å². The molecular weight excluding hydrogens is 576 g/mol. The number of hydrogen-bond donors (Lipinski definition) is 0. The summed E-state index contributed by atoms with van der Waals surface area (Å²) >= 11 is 0. The zero-order valence-corrected chi connectivity index (χ0v) is 25.7. The first-order chi connectivity index (χ1) is 23.2. The van der Waals surface area contributed by atoms with Gasteiger partial charge in [-0.05, 0) is 67.1 Å². The van der Waals surface area contributed by atoms with Gasteiger partial charge in [-0.2, -0.15) is 0 Å². The maximum Gasteiger partial charge on any atom is 0.145 e. The topological polar surface area (TPSA) is 36.1 Å². The highest BCUT2D eigenvalue weighted by molar-refractivity contribution is 6.23. The molecule has 0 N–H and O–H groups in total. The van der Waals surface area contributed by atoms with E-state index in [4.69, 9.17) is 8.83 Å². The minimum absolute atomic E-state index is 0.328. The lowest BCUT2D eigenvalue weighted by atomic mass is 9.85. The van der Waals surface area contributed by atoms with Gasteiger partial charge in [0.05, 0.1) is 21.9 Å². The Morgan fingerprint density at radius 1 is 0.511 bits per heavy atom. The Balaban J connectivity index is 1.13. The number of furan rings is 2. The van der Waals surface area contributed by atoms with Crippen LogP contribution >= 0.6 is 0 Å². The molecule has 1 unspecified atom stereocenters. The molecule has 0 radical (unpaired) electrons. The molecule has 10 aromatic rings. The van der Waals surface area contributed by atoms with E-state index in [2.05, 4.69) is 143 Å². The molecule has 4 heteroatoms. The van der Waals surface area contributed by atoms with E-state index in [1.165, 1.54) is 38.5 Å². The molecule has 1 aliphatic rings. The van der Waals surface area contributed by atoms with Crippen LogP contribution in [-0.4, -0.2) is 9.13 Å². The number of rotatable bonds is 2. The van der Waals surface area contributed by atoms with Crippen molar-refractivity contribution in [2.75, 3.05) is 0 Å². The van der Waals surface area contributed by atoms with Gasteiger partial charge < -0.3 is 18.0 Å². The third-order valence-electron chi connectivity index (χ3n) is 10.4. The zero-order valence-electron chi connectivity index (χ0n) is 25.7. The second-order valence-corrected chi connectivity index (χ2v) is 12.9. The van der Waals surface area contributed by atoms with Crippen molar-refractivity contribution in [3.63, 3.8) is 0 Å². The summed E-state index contributed by atoms with van der Waals surface area (Å²) in [6, 6.07) is 47.7. The lowest BCUT2D eigenvalue weighted by molar-refractivity contribution is 0.606. The van der Waals surface area contributed by atoms with Crippen molar-refractivity contribution in [3.05, 3.63) is 145 Å². The van der Waals surface area contributed by atoms with Crippen LogP contribution in [0.1, 0.15) is 24.1 Å². The van der Waals surface area contributed by atoms with Crippen molar-refractivity contribution in [3.8, 4) is 22.7 Å². The van der Waals surface area contributed by atoms with Gasteiger partial charge in [-0.25, -0.2) is 0 Å². The van der Waals surface area contributed by atoms with E-state index < -0.39 is 0 Å². The fourth-order valence-corrected chi connectivity index (χ4v) is 8.41. The normalized spacial score (nSPS) is 14.6. The van der Waals surface area contributed by atoms with Gasteiger partial charge in [-0.15, -0.1) is 0 Å². The van der Waals surface area contributed by atoms with Gasteiger partial charge in [0, 0.05) is 61.0 Å². The highest BCUT2D eigenvalue weighted by atomic mass is 16.3. The van der Waals surface area contributed by atoms with Crippen molar-refractivity contribution >= 4 is 65.6 Å². The van der Waals surface area contributed by atoms with Crippen LogP contribution in [0.15, 0.2) is 142 Å². The Hall–Kier alpha value is -6.00. The average molecular weight is 605 g/mol. The molecule has 6 aromatic carbocycles. The molecule has 1 atom stereocenters. The van der Waals surface area contributed by atoms with Crippen molar-refractivity contribution in [1.82, 2.24) is 9.13 Å². The standard InChI is InChI=1S/C43H28N2O2/c1-25-24-33-29-11-5-9-17-38(29)47-43(33)40-32-13-3-7-15-35(32)45(41(25)40)27-20-18-26(19-21-27)44-34-14-6-2-12-31(34)39-36(44)23-22-30-28-10-4-8-16-37(28)46-42(30)39/h2-23,25H,24H2,1H3. The summed E-state index contributed by atoms with van der Waals surface area (Å²) in [6.45, 7) is 2.35. The minimum Gasteiger partial charge on any atom is -0.456 e. The Morgan fingerprint density at radius 3 is 1.87 bits per heavy atom. The van der Waals surface area contributed by atoms with Gasteiger partial charge in [0.15, 0.2) is 0 Å². The summed E-state index contributed by atoms with van der Waals surface area (Å²) < 4.78 is 17.9. The molecule has 4 heterocycles. The summed E-state index contributed by atoms with van der Waals surface area (Å²) in [7, 11) is 0. The zero-order chi connectivity index (χ0) is 30.8. The fourth-order valence-electron chi connectivity index (χ4n) is 8.41. The van der Waals surface area contributed by atoms with E-state index in [1.807, 2.05) is 6.07 Å². The largest absolute Gasteiger partial charge is 0.456 e. The van der Waals surface area contributed by atoms with E-state index in [-0.39, 0.29) is 0 Å². The van der Waals surface area contributed by atoms with Gasteiger partial charge in [-0.3, -0.25) is 0 Å². The Labute approximate surface area is 269 Å². The average Bonchev–Trinajstić information content (AvgIpc) is 3.86. The highest BCUT2D eigenvalue weighted by Gasteiger charge is 2.33. The van der Waals surface area contributed by atoms with Gasteiger partial charge in [0.1, 0.15) is 22.5 Å². The molecule has 0 aliphatic heterocycles. The molecular formula is C43H28N2O2. The Bertz CT molecular complexity index is 2890. The highest BCUT2D eigenvalue weighted by Crippen LogP contribution is 2.50. The Kier molecular flexibility index (Phi) is 4.86. The summed E-state index contributed by atoms with van der Waals surface area (Å²) in [4.78, 5) is 0. The molecule has 4 nitrogen and oxygen atoms in total. The van der Waals surface area contributed by atoms with E-state index in [9.17, 15) is 0 Å². The first-order valence-electron chi connectivity index (χ1n) is 16.3. The maximum absolute atomic E-state index is 6.60. The number of nitrogens with zero attached hydrogens (tertiary/aromatic N) is 2. The third-order valence-corrected chi connectivity index (χ3v) is 10.4. The predicted octanol–water partition coefficient (Wildman–Crippen LogP) is 11.7. The summed E-state index contributed by atoms with van der Waals surface area (Å²) in [5, 5.41) is 7.11. The van der Waals surface area contributed by atoms with Crippen LogP contribution in [0.2, 0.25) is 0 Å². The van der Waals surface area contributed by atoms with E-state index >= 15 is 0 Å². The summed E-state index contributed by atoms with van der Waals surface area (Å²) in [6.07, 6.45) is 0.950. The summed E-state index contributed by atoms with van der Waals surface area (Å²) in [5.74, 6) is 1.35. The molecule has 47 heavy (non-hydrogen) atoms. The van der Waals surface area contributed by atoms with Crippen molar-refractivity contribution in [2.45, 2.75) is 19.3 Å².